The minimum absolute atomic E-state index is 0.0588. The van der Waals surface area contributed by atoms with Crippen molar-refractivity contribution in [2.45, 2.75) is 18.6 Å². The van der Waals surface area contributed by atoms with Gasteiger partial charge in [0.05, 0.1) is 11.6 Å². The molecule has 2 N–H and O–H groups in total. The number of halogens is 3. The summed E-state index contributed by atoms with van der Waals surface area (Å²) in [4.78, 5) is 17.4. The number of nitrogens with two attached hydrogens (primary N) is 1. The van der Waals surface area contributed by atoms with E-state index in [1.54, 1.807) is 12.1 Å². The highest BCUT2D eigenvalue weighted by molar-refractivity contribution is 5.98. The first-order valence-electron chi connectivity index (χ1n) is 7.07. The Balaban J connectivity index is 1.94. The Labute approximate surface area is 130 Å². The minimum atomic E-state index is -4.44. The van der Waals surface area contributed by atoms with Gasteiger partial charge in [0.25, 0.3) is 0 Å². The number of benzene rings is 1. The van der Waals surface area contributed by atoms with Gasteiger partial charge in [-0.15, -0.1) is 0 Å². The first-order valence-corrected chi connectivity index (χ1v) is 7.07. The molecule has 0 radical (unpaired) electrons. The lowest BCUT2D eigenvalue weighted by Gasteiger charge is -2.16. The molecule has 1 aliphatic rings. The Bertz CT molecular complexity index is 728. The number of hydrogen-bond acceptors (Lipinski definition) is 3. The molecule has 3 rings (SSSR count). The van der Waals surface area contributed by atoms with E-state index >= 15 is 0 Å². The number of rotatable bonds is 2. The van der Waals surface area contributed by atoms with Crippen LogP contribution in [0, 0.1) is 0 Å². The van der Waals surface area contributed by atoms with Crippen LogP contribution in [0.4, 0.5) is 19.0 Å². The zero-order chi connectivity index (χ0) is 16.6. The summed E-state index contributed by atoms with van der Waals surface area (Å²) in [5.74, 6) is 0.178. The van der Waals surface area contributed by atoms with Crippen LogP contribution in [0.25, 0.3) is 11.1 Å². The number of anilines is 1. The fraction of sp³-hybridized carbons (Fsp3) is 0.250. The monoisotopic (exact) mass is 321 g/mol. The molecule has 1 aromatic heterocycles. The van der Waals surface area contributed by atoms with Crippen LogP contribution in [0.15, 0.2) is 42.6 Å². The van der Waals surface area contributed by atoms with Crippen LogP contribution in [0.2, 0.25) is 0 Å². The van der Waals surface area contributed by atoms with Crippen LogP contribution in [0.3, 0.4) is 0 Å². The summed E-state index contributed by atoms with van der Waals surface area (Å²) in [5, 5.41) is 0. The highest BCUT2D eigenvalue weighted by atomic mass is 19.4. The Morgan fingerprint density at radius 2 is 1.91 bits per heavy atom. The maximum atomic E-state index is 13.1. The van der Waals surface area contributed by atoms with E-state index in [2.05, 4.69) is 4.98 Å². The van der Waals surface area contributed by atoms with Gasteiger partial charge in [-0.2, -0.15) is 13.2 Å². The summed E-state index contributed by atoms with van der Waals surface area (Å²) < 4.78 is 39.2. The smallest absolute Gasteiger partial charge is 0.320 e. The Morgan fingerprint density at radius 3 is 2.48 bits per heavy atom. The molecule has 0 spiro atoms. The Hall–Kier alpha value is -2.41. The van der Waals surface area contributed by atoms with Gasteiger partial charge in [-0.25, -0.2) is 4.98 Å². The second kappa shape index (κ2) is 5.66. The normalized spacial score (nSPS) is 18.5. The second-order valence-corrected chi connectivity index (χ2v) is 5.33. The summed E-state index contributed by atoms with van der Waals surface area (Å²) in [6.07, 6.45) is -2.55. The number of aromatic nitrogens is 1. The van der Waals surface area contributed by atoms with Crippen LogP contribution < -0.4 is 10.6 Å². The molecule has 2 heterocycles. The Kier molecular flexibility index (Phi) is 3.81. The molecule has 1 aliphatic heterocycles. The van der Waals surface area contributed by atoms with Crippen LogP contribution in [0.1, 0.15) is 12.0 Å². The standard InChI is InChI=1S/C16H14F3N3O/c17-16(18,19)12-4-2-1-3-11(12)10-5-6-14(21-9-10)22-8-7-13(20)15(22)23/h1-6,9,13H,7-8,20H2/t13-/m0/s1. The summed E-state index contributed by atoms with van der Waals surface area (Å²) in [5.41, 5.74) is 5.34. The highest BCUT2D eigenvalue weighted by Crippen LogP contribution is 2.37. The molecule has 0 bridgehead atoms. The topological polar surface area (TPSA) is 59.2 Å². The molecule has 1 saturated heterocycles. The number of alkyl halides is 3. The van der Waals surface area contributed by atoms with Crippen LogP contribution in [-0.4, -0.2) is 23.5 Å². The lowest BCUT2D eigenvalue weighted by Crippen LogP contribution is -2.34. The number of pyridine rings is 1. The number of carbonyl (C=O) groups is 1. The fourth-order valence-electron chi connectivity index (χ4n) is 2.62. The molecule has 4 nitrogen and oxygen atoms in total. The molecule has 1 amide bonds. The van der Waals surface area contributed by atoms with Crippen molar-refractivity contribution >= 4 is 11.7 Å². The molecule has 2 aromatic rings. The van der Waals surface area contributed by atoms with Gasteiger partial charge in [-0.1, -0.05) is 18.2 Å². The summed E-state index contributed by atoms with van der Waals surface area (Å²) in [7, 11) is 0. The Morgan fingerprint density at radius 1 is 1.17 bits per heavy atom. The van der Waals surface area contributed by atoms with Crippen LogP contribution >= 0.6 is 0 Å². The van der Waals surface area contributed by atoms with Crippen molar-refractivity contribution in [3.8, 4) is 11.1 Å². The first-order chi connectivity index (χ1) is 10.9. The third-order valence-electron chi connectivity index (χ3n) is 3.81. The van der Waals surface area contributed by atoms with Gasteiger partial charge in [0.15, 0.2) is 0 Å². The zero-order valence-electron chi connectivity index (χ0n) is 12.0. The summed E-state index contributed by atoms with van der Waals surface area (Å²) >= 11 is 0. The number of hydrogen-bond donors (Lipinski definition) is 1. The molecule has 1 atom stereocenters. The van der Waals surface area contributed by atoms with Crippen molar-refractivity contribution in [2.75, 3.05) is 11.4 Å². The molecule has 0 aliphatic carbocycles. The van der Waals surface area contributed by atoms with E-state index in [4.69, 9.17) is 5.73 Å². The van der Waals surface area contributed by atoms with E-state index < -0.39 is 17.8 Å². The molecule has 7 heteroatoms. The van der Waals surface area contributed by atoms with Crippen molar-refractivity contribution in [1.82, 2.24) is 4.98 Å². The van der Waals surface area contributed by atoms with Crippen LogP contribution in [-0.2, 0) is 11.0 Å². The third kappa shape index (κ3) is 2.92. The van der Waals surface area contributed by atoms with E-state index in [1.807, 2.05) is 0 Å². The van der Waals surface area contributed by atoms with Gasteiger partial charge in [0.2, 0.25) is 5.91 Å². The van der Waals surface area contributed by atoms with Crippen molar-refractivity contribution in [1.29, 1.82) is 0 Å². The molecule has 0 unspecified atom stereocenters. The largest absolute Gasteiger partial charge is 0.417 e. The molecule has 120 valence electrons. The van der Waals surface area contributed by atoms with E-state index in [0.717, 1.165) is 6.07 Å². The van der Waals surface area contributed by atoms with Crippen molar-refractivity contribution in [2.24, 2.45) is 5.73 Å². The minimum Gasteiger partial charge on any atom is -0.320 e. The molecule has 1 aromatic carbocycles. The molecule has 1 fully saturated rings. The average Bonchev–Trinajstić information content (AvgIpc) is 2.86. The lowest BCUT2D eigenvalue weighted by atomic mass is 10.0. The van der Waals surface area contributed by atoms with Gasteiger partial charge in [0, 0.05) is 18.3 Å². The summed E-state index contributed by atoms with van der Waals surface area (Å²) in [6, 6.07) is 7.85. The van der Waals surface area contributed by atoms with Crippen molar-refractivity contribution in [3.63, 3.8) is 0 Å². The number of carbonyl (C=O) groups excluding carboxylic acids is 1. The zero-order valence-corrected chi connectivity index (χ0v) is 12.0. The van der Waals surface area contributed by atoms with Gasteiger partial charge in [0.1, 0.15) is 5.82 Å². The number of amides is 1. The maximum Gasteiger partial charge on any atom is 0.417 e. The number of nitrogens with zero attached hydrogens (tertiary/aromatic N) is 2. The van der Waals surface area contributed by atoms with Gasteiger partial charge in [-0.05, 0) is 30.2 Å². The predicted octanol–water partition coefficient (Wildman–Crippen LogP) is 2.83. The second-order valence-electron chi connectivity index (χ2n) is 5.33. The van der Waals surface area contributed by atoms with E-state index in [1.165, 1.54) is 29.3 Å². The highest BCUT2D eigenvalue weighted by Gasteiger charge is 2.34. The third-order valence-corrected chi connectivity index (χ3v) is 3.81. The van der Waals surface area contributed by atoms with E-state index in [9.17, 15) is 18.0 Å². The van der Waals surface area contributed by atoms with Crippen molar-refractivity contribution in [3.05, 3.63) is 48.2 Å². The first kappa shape index (κ1) is 15.5. The van der Waals surface area contributed by atoms with Gasteiger partial charge < -0.3 is 5.73 Å². The molecular formula is C16H14F3N3O. The molecule has 0 saturated carbocycles. The van der Waals surface area contributed by atoms with E-state index in [-0.39, 0.29) is 11.5 Å². The average molecular weight is 321 g/mol. The SMILES string of the molecule is N[C@H]1CCN(c2ccc(-c3ccccc3C(F)(F)F)cn2)C1=O. The van der Waals surface area contributed by atoms with E-state index in [0.29, 0.717) is 24.3 Å². The maximum absolute atomic E-state index is 13.1. The molecule has 23 heavy (non-hydrogen) atoms. The van der Waals surface area contributed by atoms with Crippen LogP contribution in [0.5, 0.6) is 0 Å². The fourth-order valence-corrected chi connectivity index (χ4v) is 2.62. The summed E-state index contributed by atoms with van der Waals surface area (Å²) in [6.45, 7) is 0.464. The van der Waals surface area contributed by atoms with Gasteiger partial charge >= 0.3 is 6.18 Å². The molecular weight excluding hydrogens is 307 g/mol. The van der Waals surface area contributed by atoms with Crippen molar-refractivity contribution < 1.29 is 18.0 Å². The van der Waals surface area contributed by atoms with Gasteiger partial charge in [-0.3, -0.25) is 9.69 Å². The quantitative estimate of drug-likeness (QED) is 0.925. The predicted molar refractivity (Wildman–Crippen MR) is 79.6 cm³/mol. The lowest BCUT2D eigenvalue weighted by molar-refractivity contribution is -0.137.